The van der Waals surface area contributed by atoms with Gasteiger partial charge in [-0.05, 0) is 30.9 Å². The number of aryl methyl sites for hydroxylation is 1. The van der Waals surface area contributed by atoms with E-state index in [4.69, 9.17) is 9.47 Å². The Morgan fingerprint density at radius 2 is 2.00 bits per heavy atom. The third-order valence-electron chi connectivity index (χ3n) is 2.35. The maximum absolute atomic E-state index is 5.71. The predicted molar refractivity (Wildman–Crippen MR) is 62.7 cm³/mol. The Hall–Kier alpha value is -1.18. The second kappa shape index (κ2) is 5.64. The zero-order chi connectivity index (χ0) is 11.3. The quantitative estimate of drug-likeness (QED) is 0.738. The van der Waals surface area contributed by atoms with Gasteiger partial charge in [0.1, 0.15) is 11.5 Å². The summed E-state index contributed by atoms with van der Waals surface area (Å²) in [7, 11) is 1.67. The van der Waals surface area contributed by atoms with Crippen LogP contribution < -0.4 is 9.47 Å². The van der Waals surface area contributed by atoms with E-state index in [1.165, 1.54) is 0 Å². The summed E-state index contributed by atoms with van der Waals surface area (Å²) in [5.74, 6) is 2.45. The first-order valence-electron chi connectivity index (χ1n) is 5.41. The summed E-state index contributed by atoms with van der Waals surface area (Å²) in [5.41, 5.74) is 1.15. The molecule has 0 aliphatic carbocycles. The minimum Gasteiger partial charge on any atom is -0.497 e. The van der Waals surface area contributed by atoms with Crippen molar-refractivity contribution in [3.8, 4) is 11.5 Å². The zero-order valence-electron chi connectivity index (χ0n) is 10.0. The highest BCUT2D eigenvalue weighted by molar-refractivity contribution is 5.39. The average Bonchev–Trinajstić information content (AvgIpc) is 2.20. The van der Waals surface area contributed by atoms with Gasteiger partial charge in [0.2, 0.25) is 0 Å². The maximum Gasteiger partial charge on any atom is 0.125 e. The van der Waals surface area contributed by atoms with Crippen molar-refractivity contribution in [2.24, 2.45) is 5.92 Å². The van der Waals surface area contributed by atoms with Crippen LogP contribution >= 0.6 is 0 Å². The second-order valence-electron chi connectivity index (χ2n) is 4.16. The van der Waals surface area contributed by atoms with Gasteiger partial charge in [-0.25, -0.2) is 0 Å². The number of hydrogen-bond acceptors (Lipinski definition) is 2. The zero-order valence-corrected chi connectivity index (χ0v) is 10.0. The molecule has 0 amide bonds. The Labute approximate surface area is 92.2 Å². The number of methoxy groups -OCH3 is 1. The first kappa shape index (κ1) is 11.9. The number of benzene rings is 1. The molecule has 0 aromatic heterocycles. The first-order valence-corrected chi connectivity index (χ1v) is 5.41. The van der Waals surface area contributed by atoms with Crippen LogP contribution in [0.1, 0.15) is 25.8 Å². The van der Waals surface area contributed by atoms with Crippen molar-refractivity contribution in [2.75, 3.05) is 13.7 Å². The molecule has 0 aliphatic heterocycles. The van der Waals surface area contributed by atoms with Crippen LogP contribution in [0.5, 0.6) is 11.5 Å². The van der Waals surface area contributed by atoms with E-state index in [0.29, 0.717) is 5.92 Å². The lowest BCUT2D eigenvalue weighted by Crippen LogP contribution is -2.02. The van der Waals surface area contributed by atoms with Crippen LogP contribution in [-0.2, 0) is 0 Å². The van der Waals surface area contributed by atoms with Gasteiger partial charge in [0.25, 0.3) is 0 Å². The monoisotopic (exact) mass is 208 g/mol. The minimum atomic E-state index is 0.677. The van der Waals surface area contributed by atoms with Crippen LogP contribution in [0.25, 0.3) is 0 Å². The molecule has 0 aliphatic rings. The minimum absolute atomic E-state index is 0.677. The normalized spacial score (nSPS) is 10.5. The van der Waals surface area contributed by atoms with E-state index >= 15 is 0 Å². The van der Waals surface area contributed by atoms with E-state index in [0.717, 1.165) is 30.1 Å². The summed E-state index contributed by atoms with van der Waals surface area (Å²) in [4.78, 5) is 0. The molecule has 0 bridgehead atoms. The van der Waals surface area contributed by atoms with Gasteiger partial charge in [-0.3, -0.25) is 0 Å². The van der Waals surface area contributed by atoms with Crippen LogP contribution in [0.2, 0.25) is 0 Å². The van der Waals surface area contributed by atoms with Gasteiger partial charge < -0.3 is 9.47 Å². The average molecular weight is 208 g/mol. The Morgan fingerprint density at radius 1 is 1.27 bits per heavy atom. The van der Waals surface area contributed by atoms with Crippen LogP contribution in [0, 0.1) is 12.8 Å². The smallest absolute Gasteiger partial charge is 0.125 e. The van der Waals surface area contributed by atoms with E-state index in [9.17, 15) is 0 Å². The topological polar surface area (TPSA) is 18.5 Å². The largest absolute Gasteiger partial charge is 0.497 e. The first-order chi connectivity index (χ1) is 7.13. The highest BCUT2D eigenvalue weighted by Crippen LogP contribution is 2.24. The fraction of sp³-hybridized carbons (Fsp3) is 0.538. The number of hydrogen-bond donors (Lipinski definition) is 0. The number of ether oxygens (including phenoxy) is 2. The Bertz CT molecular complexity index is 305. The lowest BCUT2D eigenvalue weighted by Gasteiger charge is -2.11. The molecule has 0 fully saturated rings. The van der Waals surface area contributed by atoms with Gasteiger partial charge >= 0.3 is 0 Å². The molecule has 84 valence electrons. The van der Waals surface area contributed by atoms with Crippen molar-refractivity contribution in [3.05, 3.63) is 23.8 Å². The van der Waals surface area contributed by atoms with E-state index < -0.39 is 0 Å². The fourth-order valence-electron chi connectivity index (χ4n) is 1.27. The molecule has 0 radical (unpaired) electrons. The lowest BCUT2D eigenvalue weighted by atomic mass is 10.1. The molecular formula is C13H20O2. The van der Waals surface area contributed by atoms with Crippen molar-refractivity contribution in [1.29, 1.82) is 0 Å². The maximum atomic E-state index is 5.71. The molecule has 15 heavy (non-hydrogen) atoms. The van der Waals surface area contributed by atoms with Crippen LogP contribution in [-0.4, -0.2) is 13.7 Å². The molecule has 1 aromatic carbocycles. The third-order valence-corrected chi connectivity index (χ3v) is 2.35. The van der Waals surface area contributed by atoms with Crippen LogP contribution in [0.15, 0.2) is 18.2 Å². The Balaban J connectivity index is 2.59. The summed E-state index contributed by atoms with van der Waals surface area (Å²) in [6, 6.07) is 5.91. The van der Waals surface area contributed by atoms with Gasteiger partial charge in [0, 0.05) is 6.07 Å². The van der Waals surface area contributed by atoms with Crippen LogP contribution in [0.3, 0.4) is 0 Å². The summed E-state index contributed by atoms with van der Waals surface area (Å²) in [6.45, 7) is 7.21. The summed E-state index contributed by atoms with van der Waals surface area (Å²) >= 11 is 0. The predicted octanol–water partition coefficient (Wildman–Crippen LogP) is 3.43. The lowest BCUT2D eigenvalue weighted by molar-refractivity contribution is 0.286. The summed E-state index contributed by atoms with van der Waals surface area (Å²) in [6.07, 6.45) is 1.08. The van der Waals surface area contributed by atoms with Crippen molar-refractivity contribution in [1.82, 2.24) is 0 Å². The molecule has 0 atom stereocenters. The molecule has 0 unspecified atom stereocenters. The molecule has 0 N–H and O–H groups in total. The molecule has 1 aromatic rings. The summed E-state index contributed by atoms with van der Waals surface area (Å²) < 4.78 is 10.9. The molecule has 0 spiro atoms. The van der Waals surface area contributed by atoms with Crippen molar-refractivity contribution < 1.29 is 9.47 Å². The standard InChI is InChI=1S/C13H20O2/c1-10(2)7-8-15-13-9-12(14-4)6-5-11(13)3/h5-6,9-10H,7-8H2,1-4H3. The number of rotatable bonds is 5. The van der Waals surface area contributed by atoms with E-state index in [2.05, 4.69) is 13.8 Å². The molecule has 0 heterocycles. The summed E-state index contributed by atoms with van der Waals surface area (Å²) in [5, 5.41) is 0. The Kier molecular flexibility index (Phi) is 4.47. The van der Waals surface area contributed by atoms with Gasteiger partial charge in [-0.15, -0.1) is 0 Å². The molecular weight excluding hydrogens is 188 g/mol. The van der Waals surface area contributed by atoms with E-state index in [1.807, 2.05) is 25.1 Å². The van der Waals surface area contributed by atoms with E-state index in [1.54, 1.807) is 7.11 Å². The Morgan fingerprint density at radius 3 is 2.60 bits per heavy atom. The molecule has 1 rings (SSSR count). The highest BCUT2D eigenvalue weighted by atomic mass is 16.5. The molecule has 0 saturated heterocycles. The van der Waals surface area contributed by atoms with Crippen molar-refractivity contribution >= 4 is 0 Å². The molecule has 2 nitrogen and oxygen atoms in total. The van der Waals surface area contributed by atoms with E-state index in [-0.39, 0.29) is 0 Å². The fourth-order valence-corrected chi connectivity index (χ4v) is 1.27. The van der Waals surface area contributed by atoms with Crippen molar-refractivity contribution in [3.63, 3.8) is 0 Å². The SMILES string of the molecule is COc1ccc(C)c(OCCC(C)C)c1. The molecule has 0 saturated carbocycles. The van der Waals surface area contributed by atoms with Gasteiger partial charge in [0.05, 0.1) is 13.7 Å². The highest BCUT2D eigenvalue weighted by Gasteiger charge is 2.02. The third kappa shape index (κ3) is 3.82. The van der Waals surface area contributed by atoms with Gasteiger partial charge in [-0.1, -0.05) is 19.9 Å². The second-order valence-corrected chi connectivity index (χ2v) is 4.16. The van der Waals surface area contributed by atoms with Crippen LogP contribution in [0.4, 0.5) is 0 Å². The molecule has 2 heteroatoms. The van der Waals surface area contributed by atoms with Crippen molar-refractivity contribution in [2.45, 2.75) is 27.2 Å². The van der Waals surface area contributed by atoms with Gasteiger partial charge in [-0.2, -0.15) is 0 Å². The van der Waals surface area contributed by atoms with Gasteiger partial charge in [0.15, 0.2) is 0 Å².